The summed E-state index contributed by atoms with van der Waals surface area (Å²) in [6.07, 6.45) is 0.810. The summed E-state index contributed by atoms with van der Waals surface area (Å²) in [7, 11) is 0. The molecule has 2 aromatic rings. The van der Waals surface area contributed by atoms with E-state index in [1.807, 2.05) is 32.0 Å². The standard InChI is InChI=1S/C22H26N2O4S/c1-5-28-22(27)20-17-8-9-24(15(4)25)12-18(17)29-21(20)23-19(26)11-16-10-13(2)6-7-14(16)3/h6-7,10H,5,8-9,11-12H2,1-4H3,(H,23,26). The van der Waals surface area contributed by atoms with Crippen LogP contribution in [0.1, 0.15) is 51.3 Å². The van der Waals surface area contributed by atoms with Crippen LogP contribution in [0, 0.1) is 13.8 Å². The van der Waals surface area contributed by atoms with Crippen molar-refractivity contribution in [2.45, 2.75) is 47.1 Å². The van der Waals surface area contributed by atoms with E-state index in [1.165, 1.54) is 18.3 Å². The fourth-order valence-electron chi connectivity index (χ4n) is 3.51. The van der Waals surface area contributed by atoms with Crippen LogP contribution < -0.4 is 5.32 Å². The van der Waals surface area contributed by atoms with Crippen molar-refractivity contribution in [3.63, 3.8) is 0 Å². The number of benzene rings is 1. The van der Waals surface area contributed by atoms with E-state index in [2.05, 4.69) is 5.32 Å². The topological polar surface area (TPSA) is 75.7 Å². The van der Waals surface area contributed by atoms with Gasteiger partial charge in [0.1, 0.15) is 5.00 Å². The highest BCUT2D eigenvalue weighted by Crippen LogP contribution is 2.37. The van der Waals surface area contributed by atoms with Gasteiger partial charge in [0.25, 0.3) is 0 Å². The molecule has 154 valence electrons. The summed E-state index contributed by atoms with van der Waals surface area (Å²) in [6, 6.07) is 6.03. The zero-order valence-electron chi connectivity index (χ0n) is 17.3. The highest BCUT2D eigenvalue weighted by molar-refractivity contribution is 7.17. The molecule has 1 aliphatic heterocycles. The Morgan fingerprint density at radius 1 is 1.24 bits per heavy atom. The van der Waals surface area contributed by atoms with E-state index in [4.69, 9.17) is 4.74 Å². The number of amides is 2. The Morgan fingerprint density at radius 3 is 2.69 bits per heavy atom. The lowest BCUT2D eigenvalue weighted by atomic mass is 10.0. The molecule has 1 aliphatic rings. The molecule has 0 fully saturated rings. The molecule has 0 unspecified atom stereocenters. The first-order valence-corrected chi connectivity index (χ1v) is 10.5. The maximum Gasteiger partial charge on any atom is 0.341 e. The van der Waals surface area contributed by atoms with Crippen molar-refractivity contribution in [3.8, 4) is 0 Å². The van der Waals surface area contributed by atoms with Crippen LogP contribution in [0.3, 0.4) is 0 Å². The van der Waals surface area contributed by atoms with E-state index in [0.717, 1.165) is 27.1 Å². The van der Waals surface area contributed by atoms with Gasteiger partial charge in [0.2, 0.25) is 11.8 Å². The quantitative estimate of drug-likeness (QED) is 0.758. The molecule has 6 nitrogen and oxygen atoms in total. The van der Waals surface area contributed by atoms with Crippen LogP contribution in [0.4, 0.5) is 5.00 Å². The number of aryl methyl sites for hydroxylation is 2. The predicted molar refractivity (Wildman–Crippen MR) is 113 cm³/mol. The smallest absolute Gasteiger partial charge is 0.341 e. The highest BCUT2D eigenvalue weighted by Gasteiger charge is 2.30. The largest absolute Gasteiger partial charge is 0.462 e. The lowest BCUT2D eigenvalue weighted by molar-refractivity contribution is -0.129. The Kier molecular flexibility index (Phi) is 6.37. The third kappa shape index (κ3) is 4.67. The highest BCUT2D eigenvalue weighted by atomic mass is 32.1. The Morgan fingerprint density at radius 2 is 2.00 bits per heavy atom. The van der Waals surface area contributed by atoms with E-state index in [0.29, 0.717) is 30.1 Å². The number of carbonyl (C=O) groups is 3. The SMILES string of the molecule is CCOC(=O)c1c(NC(=O)Cc2cc(C)ccc2C)sc2c1CCN(C(C)=O)C2. The van der Waals surface area contributed by atoms with Crippen LogP contribution in [0.15, 0.2) is 18.2 Å². The normalized spacial score (nSPS) is 13.0. The molecule has 3 rings (SSSR count). The van der Waals surface area contributed by atoms with E-state index >= 15 is 0 Å². The molecule has 0 saturated carbocycles. The molecule has 1 N–H and O–H groups in total. The Balaban J connectivity index is 1.87. The summed E-state index contributed by atoms with van der Waals surface area (Å²) >= 11 is 1.36. The third-order valence-electron chi connectivity index (χ3n) is 5.09. The number of hydrogen-bond donors (Lipinski definition) is 1. The van der Waals surface area contributed by atoms with E-state index in [1.54, 1.807) is 11.8 Å². The fourth-order valence-corrected chi connectivity index (χ4v) is 4.78. The number of hydrogen-bond acceptors (Lipinski definition) is 5. The van der Waals surface area contributed by atoms with Gasteiger partial charge in [-0.2, -0.15) is 0 Å². The molecule has 0 atom stereocenters. The molecule has 1 aromatic carbocycles. The Labute approximate surface area is 174 Å². The maximum absolute atomic E-state index is 12.7. The van der Waals surface area contributed by atoms with Gasteiger partial charge >= 0.3 is 5.97 Å². The molecule has 1 aromatic heterocycles. The molecule has 0 bridgehead atoms. The van der Waals surface area contributed by atoms with Crippen LogP contribution in [-0.4, -0.2) is 35.8 Å². The molecular weight excluding hydrogens is 388 g/mol. The van der Waals surface area contributed by atoms with Crippen LogP contribution in [-0.2, 0) is 33.7 Å². The van der Waals surface area contributed by atoms with Crippen molar-refractivity contribution in [1.29, 1.82) is 0 Å². The number of ether oxygens (including phenoxy) is 1. The van der Waals surface area contributed by atoms with E-state index in [-0.39, 0.29) is 24.8 Å². The molecular formula is C22H26N2O4S. The summed E-state index contributed by atoms with van der Waals surface area (Å²) in [4.78, 5) is 39.8. The van der Waals surface area contributed by atoms with Crippen molar-refractivity contribution in [3.05, 3.63) is 50.9 Å². The van der Waals surface area contributed by atoms with Gasteiger partial charge in [-0.1, -0.05) is 23.8 Å². The number of esters is 1. The third-order valence-corrected chi connectivity index (χ3v) is 6.22. The summed E-state index contributed by atoms with van der Waals surface area (Å²) in [5.74, 6) is -0.600. The van der Waals surface area contributed by atoms with Crippen LogP contribution >= 0.6 is 11.3 Å². The Hall–Kier alpha value is -2.67. The van der Waals surface area contributed by atoms with E-state index < -0.39 is 5.97 Å². The van der Waals surface area contributed by atoms with Crippen LogP contribution in [0.25, 0.3) is 0 Å². The van der Waals surface area contributed by atoms with Crippen LogP contribution in [0.5, 0.6) is 0 Å². The second-order valence-electron chi connectivity index (χ2n) is 7.27. The first kappa shape index (κ1) is 21.0. The van der Waals surface area contributed by atoms with Crippen molar-refractivity contribution in [1.82, 2.24) is 4.90 Å². The van der Waals surface area contributed by atoms with Gasteiger partial charge < -0.3 is 15.0 Å². The average Bonchev–Trinajstić information content (AvgIpc) is 3.01. The number of carbonyl (C=O) groups excluding carboxylic acids is 3. The van der Waals surface area contributed by atoms with Gasteiger partial charge in [-0.15, -0.1) is 11.3 Å². The molecule has 2 heterocycles. The number of fused-ring (bicyclic) bond motifs is 1. The molecule has 29 heavy (non-hydrogen) atoms. The van der Waals surface area contributed by atoms with Gasteiger partial charge in [-0.05, 0) is 43.9 Å². The van der Waals surface area contributed by atoms with Crippen molar-refractivity contribution in [2.75, 3.05) is 18.5 Å². The molecule has 0 spiro atoms. The second kappa shape index (κ2) is 8.78. The first-order chi connectivity index (χ1) is 13.8. The first-order valence-electron chi connectivity index (χ1n) is 9.73. The van der Waals surface area contributed by atoms with Gasteiger partial charge in [0.05, 0.1) is 25.1 Å². The minimum Gasteiger partial charge on any atom is -0.462 e. The molecule has 0 radical (unpaired) electrons. The average molecular weight is 415 g/mol. The van der Waals surface area contributed by atoms with Gasteiger partial charge in [-0.25, -0.2) is 4.79 Å². The predicted octanol–water partition coefficient (Wildman–Crippen LogP) is 3.63. The zero-order valence-corrected chi connectivity index (χ0v) is 18.1. The molecule has 7 heteroatoms. The summed E-state index contributed by atoms with van der Waals surface area (Å²) in [5, 5.41) is 3.43. The zero-order chi connectivity index (χ0) is 21.1. The van der Waals surface area contributed by atoms with Crippen LogP contribution in [0.2, 0.25) is 0 Å². The van der Waals surface area contributed by atoms with Crippen molar-refractivity contribution in [2.24, 2.45) is 0 Å². The summed E-state index contributed by atoms with van der Waals surface area (Å²) < 4.78 is 5.24. The monoisotopic (exact) mass is 414 g/mol. The fraction of sp³-hybridized carbons (Fsp3) is 0.409. The van der Waals surface area contributed by atoms with Gasteiger partial charge in [-0.3, -0.25) is 9.59 Å². The number of anilines is 1. The minimum atomic E-state index is -0.427. The number of rotatable bonds is 5. The Bertz CT molecular complexity index is 964. The summed E-state index contributed by atoms with van der Waals surface area (Å²) in [6.45, 7) is 8.54. The van der Waals surface area contributed by atoms with E-state index in [9.17, 15) is 14.4 Å². The van der Waals surface area contributed by atoms with Crippen molar-refractivity contribution < 1.29 is 19.1 Å². The maximum atomic E-state index is 12.7. The summed E-state index contributed by atoms with van der Waals surface area (Å²) in [5.41, 5.74) is 4.43. The minimum absolute atomic E-state index is 0.00208. The number of thiophene rings is 1. The second-order valence-corrected chi connectivity index (χ2v) is 8.38. The molecule has 2 amide bonds. The molecule has 0 saturated heterocycles. The lowest BCUT2D eigenvalue weighted by Gasteiger charge is -2.25. The van der Waals surface area contributed by atoms with Gasteiger partial charge in [0.15, 0.2) is 0 Å². The number of nitrogens with one attached hydrogen (secondary N) is 1. The van der Waals surface area contributed by atoms with Crippen molar-refractivity contribution >= 4 is 34.1 Å². The van der Waals surface area contributed by atoms with Gasteiger partial charge in [0, 0.05) is 18.3 Å². The number of nitrogens with zero attached hydrogens (tertiary/aromatic N) is 1. The molecule has 0 aliphatic carbocycles. The lowest BCUT2D eigenvalue weighted by Crippen LogP contribution is -2.34.